The number of fused-ring (bicyclic) bond motifs is 1. The minimum atomic E-state index is -0.301. The third-order valence-corrected chi connectivity index (χ3v) is 5.91. The quantitative estimate of drug-likeness (QED) is 0.277. The number of hydrogen-bond acceptors (Lipinski definition) is 9. The number of nitrogens with zero attached hydrogens (tertiary/aromatic N) is 5. The van der Waals surface area contributed by atoms with E-state index in [4.69, 9.17) is 16.3 Å². The maximum Gasteiger partial charge on any atom is 0.233 e. The number of morpholine rings is 1. The van der Waals surface area contributed by atoms with E-state index in [1.54, 1.807) is 18.3 Å². The second-order valence-corrected chi connectivity index (χ2v) is 8.68. The molecule has 0 spiro atoms. The van der Waals surface area contributed by atoms with E-state index < -0.39 is 0 Å². The Balaban J connectivity index is 1.23. The van der Waals surface area contributed by atoms with Crippen molar-refractivity contribution < 1.29 is 9.13 Å². The van der Waals surface area contributed by atoms with Crippen molar-refractivity contribution in [3.8, 4) is 0 Å². The fraction of sp³-hybridized carbons (Fsp3) is 0.280. The zero-order valence-corrected chi connectivity index (χ0v) is 20.3. The van der Waals surface area contributed by atoms with Crippen LogP contribution in [0.4, 0.5) is 33.6 Å². The Hall–Kier alpha value is -3.76. The lowest BCUT2D eigenvalue weighted by atomic mass is 10.2. The maximum atomic E-state index is 13.3. The number of ether oxygens (including phenoxy) is 1. The first-order valence-corrected chi connectivity index (χ1v) is 12.2. The number of anilines is 5. The number of rotatable bonds is 9. The lowest BCUT2D eigenvalue weighted by Gasteiger charge is -2.27. The number of halogens is 2. The highest BCUT2D eigenvalue weighted by molar-refractivity contribution is 6.31. The number of nitrogens with one attached hydrogen (secondary N) is 3. The molecule has 3 N–H and O–H groups in total. The van der Waals surface area contributed by atoms with Gasteiger partial charge in [0, 0.05) is 54.2 Å². The predicted molar refractivity (Wildman–Crippen MR) is 141 cm³/mol. The summed E-state index contributed by atoms with van der Waals surface area (Å²) >= 11 is 6.08. The summed E-state index contributed by atoms with van der Waals surface area (Å²) in [7, 11) is 0. The molecule has 1 saturated heterocycles. The van der Waals surface area contributed by atoms with Gasteiger partial charge in [-0.05, 0) is 55.0 Å². The zero-order valence-electron chi connectivity index (χ0n) is 19.5. The first-order valence-electron chi connectivity index (χ1n) is 11.8. The van der Waals surface area contributed by atoms with Gasteiger partial charge >= 0.3 is 0 Å². The van der Waals surface area contributed by atoms with E-state index in [2.05, 4.69) is 40.8 Å². The molecule has 1 aliphatic heterocycles. The minimum absolute atomic E-state index is 0.301. The molecule has 0 saturated carbocycles. The highest BCUT2D eigenvalue weighted by Gasteiger charge is 2.17. The van der Waals surface area contributed by atoms with Crippen LogP contribution in [0.5, 0.6) is 0 Å². The highest BCUT2D eigenvalue weighted by atomic mass is 35.5. The number of aromatic nitrogens is 4. The van der Waals surface area contributed by atoms with Crippen LogP contribution in [0.25, 0.3) is 10.9 Å². The monoisotopic (exact) mass is 508 g/mol. The predicted octanol–water partition coefficient (Wildman–Crippen LogP) is 4.71. The van der Waals surface area contributed by atoms with Crippen molar-refractivity contribution >= 4 is 51.7 Å². The average molecular weight is 509 g/mol. The fourth-order valence-corrected chi connectivity index (χ4v) is 4.02. The van der Waals surface area contributed by atoms with Crippen LogP contribution in [-0.4, -0.2) is 59.3 Å². The molecule has 9 nitrogen and oxygen atoms in total. The Labute approximate surface area is 213 Å². The van der Waals surface area contributed by atoms with Crippen LogP contribution in [-0.2, 0) is 4.74 Å². The summed E-state index contributed by atoms with van der Waals surface area (Å²) in [6.45, 7) is 4.05. The molecule has 5 rings (SSSR count). The highest BCUT2D eigenvalue weighted by Crippen LogP contribution is 2.24. The van der Waals surface area contributed by atoms with Gasteiger partial charge in [-0.25, -0.2) is 4.39 Å². The lowest BCUT2D eigenvalue weighted by Crippen LogP contribution is -2.37. The molecule has 2 aromatic heterocycles. The first-order chi connectivity index (χ1) is 17.6. The van der Waals surface area contributed by atoms with Gasteiger partial charge in [-0.3, -0.25) is 4.98 Å². The summed E-state index contributed by atoms with van der Waals surface area (Å²) in [6, 6.07) is 13.7. The molecule has 0 bridgehead atoms. The van der Waals surface area contributed by atoms with E-state index in [1.807, 2.05) is 24.3 Å². The standard InChI is InChI=1S/C25H26ClFN8O/c26-17-2-7-20-21(8-11-29-22(20)16-17)28-9-1-10-30-23-32-24(31-19-5-3-18(27)4-6-19)34-25(33-23)35-12-14-36-15-13-35/h2-8,11,16H,1,9-10,12-15H2,(H,28,29)(H2,30,31,32,33,34). The first kappa shape index (κ1) is 24.0. The van der Waals surface area contributed by atoms with Crippen LogP contribution < -0.4 is 20.9 Å². The number of pyridine rings is 1. The maximum absolute atomic E-state index is 13.3. The number of hydrogen-bond donors (Lipinski definition) is 3. The van der Waals surface area contributed by atoms with Crippen molar-refractivity contribution in [3.63, 3.8) is 0 Å². The number of benzene rings is 2. The summed E-state index contributed by atoms with van der Waals surface area (Å²) in [5, 5.41) is 11.6. The smallest absolute Gasteiger partial charge is 0.233 e. The molecule has 1 fully saturated rings. The molecule has 1 aliphatic rings. The van der Waals surface area contributed by atoms with Gasteiger partial charge in [-0.1, -0.05) is 11.6 Å². The average Bonchev–Trinajstić information content (AvgIpc) is 2.90. The zero-order chi connectivity index (χ0) is 24.7. The third kappa shape index (κ3) is 6.07. The molecule has 0 atom stereocenters. The largest absolute Gasteiger partial charge is 0.384 e. The van der Waals surface area contributed by atoms with Gasteiger partial charge in [-0.15, -0.1) is 0 Å². The molecule has 2 aromatic carbocycles. The molecule has 0 unspecified atom stereocenters. The summed E-state index contributed by atoms with van der Waals surface area (Å²) in [4.78, 5) is 20.1. The summed E-state index contributed by atoms with van der Waals surface area (Å²) in [5.74, 6) is 1.13. The van der Waals surface area contributed by atoms with E-state index in [0.29, 0.717) is 61.4 Å². The van der Waals surface area contributed by atoms with E-state index in [1.165, 1.54) is 12.1 Å². The van der Waals surface area contributed by atoms with E-state index in [-0.39, 0.29) is 5.82 Å². The summed E-state index contributed by atoms with van der Waals surface area (Å²) < 4.78 is 18.7. The molecule has 4 aromatic rings. The van der Waals surface area contributed by atoms with E-state index >= 15 is 0 Å². The second kappa shape index (κ2) is 11.3. The van der Waals surface area contributed by atoms with Gasteiger partial charge < -0.3 is 25.6 Å². The van der Waals surface area contributed by atoms with Gasteiger partial charge in [0.15, 0.2) is 0 Å². The fourth-order valence-electron chi connectivity index (χ4n) is 3.85. The molecule has 3 heterocycles. The molecule has 0 aliphatic carbocycles. The van der Waals surface area contributed by atoms with E-state index in [9.17, 15) is 4.39 Å². The molecular weight excluding hydrogens is 483 g/mol. The van der Waals surface area contributed by atoms with Crippen molar-refractivity contribution in [2.45, 2.75) is 6.42 Å². The Kier molecular flexibility index (Phi) is 7.53. The van der Waals surface area contributed by atoms with Crippen molar-refractivity contribution in [2.24, 2.45) is 0 Å². The van der Waals surface area contributed by atoms with Crippen LogP contribution >= 0.6 is 11.6 Å². The van der Waals surface area contributed by atoms with Crippen molar-refractivity contribution in [3.05, 3.63) is 65.6 Å². The van der Waals surface area contributed by atoms with Crippen molar-refractivity contribution in [1.82, 2.24) is 19.9 Å². The van der Waals surface area contributed by atoms with Gasteiger partial charge in [0.05, 0.1) is 18.7 Å². The molecule has 0 radical (unpaired) electrons. The van der Waals surface area contributed by atoms with Crippen LogP contribution in [0.3, 0.4) is 0 Å². The van der Waals surface area contributed by atoms with Crippen molar-refractivity contribution in [2.75, 3.05) is 60.2 Å². The lowest BCUT2D eigenvalue weighted by molar-refractivity contribution is 0.122. The van der Waals surface area contributed by atoms with Gasteiger partial charge in [0.1, 0.15) is 5.82 Å². The Morgan fingerprint density at radius 3 is 2.53 bits per heavy atom. The Bertz CT molecular complexity index is 1320. The van der Waals surface area contributed by atoms with Gasteiger partial charge in [0.25, 0.3) is 0 Å². The SMILES string of the molecule is Fc1ccc(Nc2nc(NCCCNc3ccnc4cc(Cl)ccc34)nc(N3CCOCC3)n2)cc1. The van der Waals surface area contributed by atoms with Crippen LogP contribution in [0.15, 0.2) is 54.7 Å². The van der Waals surface area contributed by atoms with Crippen LogP contribution in [0, 0.1) is 5.82 Å². The summed E-state index contributed by atoms with van der Waals surface area (Å²) in [6.07, 6.45) is 2.60. The van der Waals surface area contributed by atoms with Crippen LogP contribution in [0.1, 0.15) is 6.42 Å². The van der Waals surface area contributed by atoms with Gasteiger partial charge in [-0.2, -0.15) is 15.0 Å². The molecule has 36 heavy (non-hydrogen) atoms. The third-order valence-electron chi connectivity index (χ3n) is 5.67. The molecule has 0 amide bonds. The van der Waals surface area contributed by atoms with Crippen LogP contribution in [0.2, 0.25) is 5.02 Å². The molecule has 11 heteroatoms. The normalized spacial score (nSPS) is 13.6. The molecular formula is C25H26ClFN8O. The van der Waals surface area contributed by atoms with Gasteiger partial charge in [0.2, 0.25) is 17.8 Å². The summed E-state index contributed by atoms with van der Waals surface area (Å²) in [5.41, 5.74) is 2.56. The molecule has 186 valence electrons. The topological polar surface area (TPSA) is 100 Å². The van der Waals surface area contributed by atoms with E-state index in [0.717, 1.165) is 29.6 Å². The Morgan fingerprint density at radius 2 is 1.69 bits per heavy atom. The second-order valence-electron chi connectivity index (χ2n) is 8.24. The van der Waals surface area contributed by atoms with Crippen molar-refractivity contribution in [1.29, 1.82) is 0 Å². The minimum Gasteiger partial charge on any atom is -0.384 e. The Morgan fingerprint density at radius 1 is 0.917 bits per heavy atom.